The summed E-state index contributed by atoms with van der Waals surface area (Å²) in [6, 6.07) is 3.76. The minimum absolute atomic E-state index is 0.122. The van der Waals surface area contributed by atoms with Gasteiger partial charge >= 0.3 is 0 Å². The number of hydrogen-bond donors (Lipinski definition) is 1. The molecule has 8 heteroatoms. The van der Waals surface area contributed by atoms with E-state index in [1.54, 1.807) is 25.4 Å². The van der Waals surface area contributed by atoms with E-state index in [2.05, 4.69) is 25.3 Å². The highest BCUT2D eigenvalue weighted by molar-refractivity contribution is 5.87. The zero-order chi connectivity index (χ0) is 15.5. The highest BCUT2D eigenvalue weighted by atomic mass is 16.5. The van der Waals surface area contributed by atoms with E-state index in [0.717, 1.165) is 19.5 Å². The van der Waals surface area contributed by atoms with Crippen molar-refractivity contribution >= 4 is 17.7 Å². The van der Waals surface area contributed by atoms with Crippen LogP contribution in [0.15, 0.2) is 24.5 Å². The quantitative estimate of drug-likeness (QED) is 0.910. The van der Waals surface area contributed by atoms with Crippen molar-refractivity contribution in [3.05, 3.63) is 24.5 Å². The lowest BCUT2D eigenvalue weighted by atomic mass is 10.3. The van der Waals surface area contributed by atoms with Crippen LogP contribution in [0.3, 0.4) is 0 Å². The number of amides is 1. The third-order valence-corrected chi connectivity index (χ3v) is 3.56. The van der Waals surface area contributed by atoms with Gasteiger partial charge in [0.05, 0.1) is 13.2 Å². The molecule has 0 aromatic carbocycles. The normalized spacial score (nSPS) is 17.5. The Labute approximate surface area is 128 Å². The molecule has 1 amide bonds. The molecule has 1 N–H and O–H groups in total. The van der Waals surface area contributed by atoms with Crippen LogP contribution in [0, 0.1) is 0 Å². The van der Waals surface area contributed by atoms with E-state index in [1.165, 1.54) is 6.92 Å². The van der Waals surface area contributed by atoms with Crippen LogP contribution in [-0.4, -0.2) is 45.9 Å². The Kier molecular flexibility index (Phi) is 3.90. The molecule has 0 radical (unpaired) electrons. The summed E-state index contributed by atoms with van der Waals surface area (Å²) in [5, 5.41) is 7.07. The molecule has 2 aromatic rings. The summed E-state index contributed by atoms with van der Waals surface area (Å²) in [5.41, 5.74) is 0. The van der Waals surface area contributed by atoms with Crippen molar-refractivity contribution in [3.8, 4) is 5.88 Å². The number of carbonyl (C=O) groups excluding carboxylic acids is 1. The lowest BCUT2D eigenvalue weighted by molar-refractivity contribution is -0.114. The maximum atomic E-state index is 11.0. The first-order valence-corrected chi connectivity index (χ1v) is 7.10. The third-order valence-electron chi connectivity index (χ3n) is 3.56. The molecule has 0 spiro atoms. The zero-order valence-electron chi connectivity index (χ0n) is 12.6. The standard InChI is InChI=1S/C14H18N6O2/c1-10(21)16-12-5-8-20(18-12)11-4-7-19(9-11)14-15-6-3-13(17-14)22-2/h3,5-6,8,11H,4,7,9H2,1-2H3,(H,16,18,21). The summed E-state index contributed by atoms with van der Waals surface area (Å²) in [4.78, 5) is 21.8. The van der Waals surface area contributed by atoms with Gasteiger partial charge in [-0.05, 0) is 6.42 Å². The molecule has 3 heterocycles. The summed E-state index contributed by atoms with van der Waals surface area (Å²) in [5.74, 6) is 1.67. The number of carbonyl (C=O) groups is 1. The van der Waals surface area contributed by atoms with E-state index in [9.17, 15) is 4.79 Å². The van der Waals surface area contributed by atoms with Crippen LogP contribution in [0.2, 0.25) is 0 Å². The first-order chi connectivity index (χ1) is 10.7. The Balaban J connectivity index is 1.69. The molecule has 22 heavy (non-hydrogen) atoms. The van der Waals surface area contributed by atoms with Crippen LogP contribution in [0.1, 0.15) is 19.4 Å². The fraction of sp³-hybridized carbons (Fsp3) is 0.429. The van der Waals surface area contributed by atoms with Crippen LogP contribution in [0.5, 0.6) is 5.88 Å². The zero-order valence-corrected chi connectivity index (χ0v) is 12.6. The summed E-state index contributed by atoms with van der Waals surface area (Å²) in [7, 11) is 1.59. The molecule has 2 aromatic heterocycles. The van der Waals surface area contributed by atoms with Crippen molar-refractivity contribution in [2.24, 2.45) is 0 Å². The monoisotopic (exact) mass is 302 g/mol. The average molecular weight is 302 g/mol. The molecule has 1 aliphatic heterocycles. The van der Waals surface area contributed by atoms with Gasteiger partial charge in [-0.25, -0.2) is 4.98 Å². The van der Waals surface area contributed by atoms with Crippen LogP contribution in [0.4, 0.5) is 11.8 Å². The Morgan fingerprint density at radius 2 is 2.32 bits per heavy atom. The second-order valence-corrected chi connectivity index (χ2v) is 5.15. The minimum atomic E-state index is -0.122. The number of nitrogens with zero attached hydrogens (tertiary/aromatic N) is 5. The van der Waals surface area contributed by atoms with E-state index >= 15 is 0 Å². The smallest absolute Gasteiger partial charge is 0.228 e. The van der Waals surface area contributed by atoms with Gasteiger partial charge in [-0.2, -0.15) is 10.1 Å². The summed E-state index contributed by atoms with van der Waals surface area (Å²) in [6.07, 6.45) is 4.52. The van der Waals surface area contributed by atoms with Gasteiger partial charge in [0, 0.05) is 44.5 Å². The summed E-state index contributed by atoms with van der Waals surface area (Å²) in [6.45, 7) is 3.10. The van der Waals surface area contributed by atoms with Gasteiger partial charge in [0.2, 0.25) is 17.7 Å². The number of hydrogen-bond acceptors (Lipinski definition) is 6. The largest absolute Gasteiger partial charge is 0.481 e. The number of anilines is 2. The first kappa shape index (κ1) is 14.3. The maximum Gasteiger partial charge on any atom is 0.228 e. The van der Waals surface area contributed by atoms with Crippen LogP contribution in [0.25, 0.3) is 0 Å². The van der Waals surface area contributed by atoms with Gasteiger partial charge in [-0.15, -0.1) is 0 Å². The number of ether oxygens (including phenoxy) is 1. The fourth-order valence-corrected chi connectivity index (χ4v) is 2.53. The Morgan fingerprint density at radius 3 is 3.09 bits per heavy atom. The van der Waals surface area contributed by atoms with Crippen molar-refractivity contribution in [1.29, 1.82) is 0 Å². The van der Waals surface area contributed by atoms with Crippen molar-refractivity contribution in [3.63, 3.8) is 0 Å². The topological polar surface area (TPSA) is 85.2 Å². The molecular weight excluding hydrogens is 284 g/mol. The molecule has 8 nitrogen and oxygen atoms in total. The number of nitrogens with one attached hydrogen (secondary N) is 1. The molecule has 0 aliphatic carbocycles. The van der Waals surface area contributed by atoms with Crippen molar-refractivity contribution in [2.45, 2.75) is 19.4 Å². The fourth-order valence-electron chi connectivity index (χ4n) is 2.53. The highest BCUT2D eigenvalue weighted by Gasteiger charge is 2.26. The Bertz CT molecular complexity index is 671. The lowest BCUT2D eigenvalue weighted by Gasteiger charge is -2.16. The van der Waals surface area contributed by atoms with E-state index in [-0.39, 0.29) is 11.9 Å². The lowest BCUT2D eigenvalue weighted by Crippen LogP contribution is -2.23. The van der Waals surface area contributed by atoms with Gasteiger partial charge in [-0.3, -0.25) is 9.48 Å². The van der Waals surface area contributed by atoms with Gasteiger partial charge in [0.25, 0.3) is 0 Å². The Morgan fingerprint density at radius 1 is 1.45 bits per heavy atom. The van der Waals surface area contributed by atoms with Gasteiger partial charge in [0.15, 0.2) is 5.82 Å². The number of methoxy groups -OCH3 is 1. The van der Waals surface area contributed by atoms with Crippen molar-refractivity contribution in [1.82, 2.24) is 19.7 Å². The van der Waals surface area contributed by atoms with E-state index in [0.29, 0.717) is 17.6 Å². The second-order valence-electron chi connectivity index (χ2n) is 5.15. The predicted octanol–water partition coefficient (Wildman–Crippen LogP) is 1.09. The Hall–Kier alpha value is -2.64. The molecule has 1 unspecified atom stereocenters. The number of rotatable bonds is 4. The minimum Gasteiger partial charge on any atom is -0.481 e. The van der Waals surface area contributed by atoms with E-state index in [1.807, 2.05) is 10.9 Å². The highest BCUT2D eigenvalue weighted by Crippen LogP contribution is 2.25. The molecule has 0 bridgehead atoms. The molecular formula is C14H18N6O2. The van der Waals surface area contributed by atoms with Crippen molar-refractivity contribution < 1.29 is 9.53 Å². The molecule has 3 rings (SSSR count). The van der Waals surface area contributed by atoms with Crippen LogP contribution >= 0.6 is 0 Å². The molecule has 1 saturated heterocycles. The van der Waals surface area contributed by atoms with Gasteiger partial charge in [-0.1, -0.05) is 0 Å². The van der Waals surface area contributed by atoms with Crippen molar-refractivity contribution in [2.75, 3.05) is 30.4 Å². The van der Waals surface area contributed by atoms with E-state index < -0.39 is 0 Å². The molecule has 1 fully saturated rings. The average Bonchev–Trinajstić information content (AvgIpc) is 3.15. The molecule has 1 aliphatic rings. The SMILES string of the molecule is COc1ccnc(N2CCC(n3ccc(NC(C)=O)n3)C2)n1. The summed E-state index contributed by atoms with van der Waals surface area (Å²) >= 11 is 0. The first-order valence-electron chi connectivity index (χ1n) is 7.10. The van der Waals surface area contributed by atoms with Gasteiger partial charge in [0.1, 0.15) is 0 Å². The third kappa shape index (κ3) is 3.00. The predicted molar refractivity (Wildman–Crippen MR) is 81.0 cm³/mol. The summed E-state index contributed by atoms with van der Waals surface area (Å²) < 4.78 is 7.01. The molecule has 116 valence electrons. The molecule has 0 saturated carbocycles. The molecule has 1 atom stereocenters. The van der Waals surface area contributed by atoms with Gasteiger partial charge < -0.3 is 15.0 Å². The van der Waals surface area contributed by atoms with Crippen LogP contribution in [-0.2, 0) is 4.79 Å². The van der Waals surface area contributed by atoms with E-state index in [4.69, 9.17) is 4.74 Å². The van der Waals surface area contributed by atoms with Crippen LogP contribution < -0.4 is 15.0 Å². The maximum absolute atomic E-state index is 11.0. The second kappa shape index (κ2) is 6.00. The number of aromatic nitrogens is 4.